The molecule has 4 aromatic rings. The lowest BCUT2D eigenvalue weighted by Gasteiger charge is -2.09. The third kappa shape index (κ3) is 1.94. The molecule has 0 N–H and O–H groups in total. The molecule has 3 aromatic carbocycles. The van der Waals surface area contributed by atoms with Crippen molar-refractivity contribution >= 4 is 21.5 Å². The summed E-state index contributed by atoms with van der Waals surface area (Å²) in [6.45, 7) is 0. The molecule has 4 rings (SSSR count). The number of nitrogens with zero attached hydrogens (tertiary/aromatic N) is 1. The van der Waals surface area contributed by atoms with Crippen molar-refractivity contribution in [2.75, 3.05) is 0 Å². The van der Waals surface area contributed by atoms with Gasteiger partial charge in [0.25, 0.3) is 0 Å². The number of hydrogen-bond donors (Lipinski definition) is 0. The molecule has 1 nitrogen and oxygen atoms in total. The molecule has 0 bridgehead atoms. The summed E-state index contributed by atoms with van der Waals surface area (Å²) in [7, 11) is 0. The predicted octanol–water partition coefficient (Wildman–Crippen LogP) is 5.33. The Labute approximate surface area is 125 Å². The van der Waals surface area contributed by atoms with Gasteiger partial charge in [-0.25, -0.2) is 8.78 Å². The highest BCUT2D eigenvalue weighted by Crippen LogP contribution is 2.32. The summed E-state index contributed by atoms with van der Waals surface area (Å²) in [6, 6.07) is 17.1. The maximum atomic E-state index is 14.6. The zero-order valence-electron chi connectivity index (χ0n) is 11.6. The summed E-state index contributed by atoms with van der Waals surface area (Å²) in [5.74, 6) is -0.846. The average molecular weight is 291 g/mol. The van der Waals surface area contributed by atoms with E-state index in [0.29, 0.717) is 32.8 Å². The van der Waals surface area contributed by atoms with E-state index >= 15 is 0 Å². The molecule has 0 saturated heterocycles. The third-order valence-electron chi connectivity index (χ3n) is 3.82. The van der Waals surface area contributed by atoms with Crippen molar-refractivity contribution in [3.63, 3.8) is 0 Å². The lowest BCUT2D eigenvalue weighted by atomic mass is 9.98. The van der Waals surface area contributed by atoms with Gasteiger partial charge in [-0.3, -0.25) is 4.98 Å². The van der Waals surface area contributed by atoms with Crippen LogP contribution in [-0.2, 0) is 0 Å². The smallest absolute Gasteiger partial charge is 0.132 e. The first-order valence-electron chi connectivity index (χ1n) is 6.96. The fourth-order valence-corrected chi connectivity index (χ4v) is 2.83. The Bertz CT molecular complexity index is 994. The molecule has 0 aliphatic carbocycles. The van der Waals surface area contributed by atoms with Crippen LogP contribution in [0.25, 0.3) is 32.8 Å². The highest BCUT2D eigenvalue weighted by molar-refractivity contribution is 6.09. The zero-order valence-corrected chi connectivity index (χ0v) is 11.6. The van der Waals surface area contributed by atoms with Crippen LogP contribution >= 0.6 is 0 Å². The number of aromatic nitrogens is 1. The molecule has 0 amide bonds. The average Bonchev–Trinajstić information content (AvgIpc) is 2.55. The minimum Gasteiger partial charge on any atom is -0.256 e. The van der Waals surface area contributed by atoms with Gasteiger partial charge in [-0.15, -0.1) is 0 Å². The second-order valence-electron chi connectivity index (χ2n) is 5.17. The highest BCUT2D eigenvalue weighted by Gasteiger charge is 2.12. The van der Waals surface area contributed by atoms with Gasteiger partial charge in [-0.1, -0.05) is 30.3 Å². The van der Waals surface area contributed by atoms with Crippen molar-refractivity contribution in [3.8, 4) is 11.3 Å². The second-order valence-corrected chi connectivity index (χ2v) is 5.17. The molecule has 1 aromatic heterocycles. The van der Waals surface area contributed by atoms with E-state index in [1.165, 1.54) is 12.1 Å². The Balaban J connectivity index is 2.09. The summed E-state index contributed by atoms with van der Waals surface area (Å²) in [4.78, 5) is 4.24. The van der Waals surface area contributed by atoms with E-state index in [2.05, 4.69) is 4.98 Å². The number of fused-ring (bicyclic) bond motifs is 3. The number of halogens is 2. The molecule has 0 unspecified atom stereocenters. The molecular weight excluding hydrogens is 280 g/mol. The molecule has 0 aliphatic rings. The number of rotatable bonds is 1. The molecule has 22 heavy (non-hydrogen) atoms. The van der Waals surface area contributed by atoms with Crippen LogP contribution in [0.3, 0.4) is 0 Å². The van der Waals surface area contributed by atoms with Gasteiger partial charge in [0.15, 0.2) is 0 Å². The number of benzene rings is 3. The summed E-state index contributed by atoms with van der Waals surface area (Å²) >= 11 is 0. The Morgan fingerprint density at radius 1 is 0.682 bits per heavy atom. The van der Waals surface area contributed by atoms with Gasteiger partial charge in [0.1, 0.15) is 11.6 Å². The van der Waals surface area contributed by atoms with Crippen LogP contribution in [0.1, 0.15) is 0 Å². The molecule has 0 radical (unpaired) electrons. The molecule has 0 fully saturated rings. The first kappa shape index (κ1) is 12.9. The van der Waals surface area contributed by atoms with Crippen molar-refractivity contribution in [1.82, 2.24) is 4.98 Å². The van der Waals surface area contributed by atoms with Crippen LogP contribution in [0.2, 0.25) is 0 Å². The largest absolute Gasteiger partial charge is 0.256 e. The standard InChI is InChI=1S/C19H11F2N/c20-15-5-3-4-12-7-8-13-10-14(17-6-1-2-9-22-17)11-16(21)19(13)18(12)15/h1-11H. The van der Waals surface area contributed by atoms with E-state index in [1.807, 2.05) is 36.4 Å². The van der Waals surface area contributed by atoms with Crippen molar-refractivity contribution < 1.29 is 8.78 Å². The quantitative estimate of drug-likeness (QED) is 0.432. The van der Waals surface area contributed by atoms with Gasteiger partial charge in [0, 0.05) is 22.5 Å². The molecule has 3 heteroatoms. The minimum absolute atomic E-state index is 0.315. The summed E-state index contributed by atoms with van der Waals surface area (Å²) in [6.07, 6.45) is 1.66. The highest BCUT2D eigenvalue weighted by atomic mass is 19.1. The van der Waals surface area contributed by atoms with Crippen LogP contribution in [0.15, 0.2) is 66.9 Å². The molecular formula is C19H11F2N. The Morgan fingerprint density at radius 3 is 2.32 bits per heavy atom. The topological polar surface area (TPSA) is 12.9 Å². The molecule has 0 aliphatic heterocycles. The van der Waals surface area contributed by atoms with Crippen LogP contribution in [-0.4, -0.2) is 4.98 Å². The Hall–Kier alpha value is -2.81. The van der Waals surface area contributed by atoms with Gasteiger partial charge in [-0.2, -0.15) is 0 Å². The van der Waals surface area contributed by atoms with Crippen LogP contribution in [0.4, 0.5) is 8.78 Å². The van der Waals surface area contributed by atoms with Crippen molar-refractivity contribution in [3.05, 3.63) is 78.5 Å². The van der Waals surface area contributed by atoms with Gasteiger partial charge >= 0.3 is 0 Å². The predicted molar refractivity (Wildman–Crippen MR) is 84.6 cm³/mol. The third-order valence-corrected chi connectivity index (χ3v) is 3.82. The normalized spacial score (nSPS) is 11.2. The maximum absolute atomic E-state index is 14.6. The Kier molecular flexibility index (Phi) is 2.86. The van der Waals surface area contributed by atoms with Gasteiger partial charge in [0.2, 0.25) is 0 Å². The van der Waals surface area contributed by atoms with E-state index in [4.69, 9.17) is 0 Å². The van der Waals surface area contributed by atoms with Crippen molar-refractivity contribution in [2.45, 2.75) is 0 Å². The monoisotopic (exact) mass is 291 g/mol. The van der Waals surface area contributed by atoms with E-state index in [0.717, 1.165) is 0 Å². The van der Waals surface area contributed by atoms with E-state index in [1.54, 1.807) is 18.3 Å². The van der Waals surface area contributed by atoms with Crippen LogP contribution < -0.4 is 0 Å². The fourth-order valence-electron chi connectivity index (χ4n) is 2.83. The second kappa shape index (κ2) is 4.88. The van der Waals surface area contributed by atoms with E-state index in [9.17, 15) is 8.78 Å². The molecule has 0 saturated carbocycles. The number of hydrogen-bond acceptors (Lipinski definition) is 1. The SMILES string of the molecule is Fc1cccc2ccc3cc(-c4ccccn4)cc(F)c3c12. The fraction of sp³-hybridized carbons (Fsp3) is 0. The van der Waals surface area contributed by atoms with E-state index < -0.39 is 11.6 Å². The molecule has 0 atom stereocenters. The minimum atomic E-state index is -0.436. The lowest BCUT2D eigenvalue weighted by Crippen LogP contribution is -1.89. The van der Waals surface area contributed by atoms with Crippen LogP contribution in [0.5, 0.6) is 0 Å². The maximum Gasteiger partial charge on any atom is 0.132 e. The summed E-state index contributed by atoms with van der Waals surface area (Å²) in [5.41, 5.74) is 1.37. The summed E-state index contributed by atoms with van der Waals surface area (Å²) < 4.78 is 28.8. The molecule has 1 heterocycles. The van der Waals surface area contributed by atoms with Crippen LogP contribution in [0, 0.1) is 11.6 Å². The van der Waals surface area contributed by atoms with Gasteiger partial charge in [-0.05, 0) is 41.1 Å². The molecule has 106 valence electrons. The van der Waals surface area contributed by atoms with Gasteiger partial charge < -0.3 is 0 Å². The van der Waals surface area contributed by atoms with E-state index in [-0.39, 0.29) is 0 Å². The number of pyridine rings is 1. The van der Waals surface area contributed by atoms with Crippen molar-refractivity contribution in [1.29, 1.82) is 0 Å². The Morgan fingerprint density at radius 2 is 1.50 bits per heavy atom. The molecule has 0 spiro atoms. The first-order valence-corrected chi connectivity index (χ1v) is 6.96. The first-order chi connectivity index (χ1) is 10.7. The zero-order chi connectivity index (χ0) is 15.1. The lowest BCUT2D eigenvalue weighted by molar-refractivity contribution is 0.632. The van der Waals surface area contributed by atoms with Crippen molar-refractivity contribution in [2.24, 2.45) is 0 Å². The van der Waals surface area contributed by atoms with Gasteiger partial charge in [0.05, 0.1) is 5.69 Å². The summed E-state index contributed by atoms with van der Waals surface area (Å²) in [5, 5.41) is 2.00.